The molecule has 0 fully saturated rings. The number of amides is 1. The van der Waals surface area contributed by atoms with Crippen LogP contribution in [0.3, 0.4) is 0 Å². The molecule has 0 unspecified atom stereocenters. The Labute approximate surface area is 113 Å². The number of aromatic nitrogens is 2. The maximum atomic E-state index is 11.5. The second-order valence-electron chi connectivity index (χ2n) is 4.17. The monoisotopic (exact) mass is 279 g/mol. The van der Waals surface area contributed by atoms with E-state index >= 15 is 0 Å². The molecule has 9 nitrogen and oxygen atoms in total. The Morgan fingerprint density at radius 2 is 2.30 bits per heavy atom. The van der Waals surface area contributed by atoms with Gasteiger partial charge in [-0.15, -0.1) is 0 Å². The molecule has 0 atom stereocenters. The maximum Gasteiger partial charge on any atom is 0.312 e. The van der Waals surface area contributed by atoms with Gasteiger partial charge in [0.15, 0.2) is 0 Å². The van der Waals surface area contributed by atoms with Gasteiger partial charge in [-0.1, -0.05) is 0 Å². The van der Waals surface area contributed by atoms with Gasteiger partial charge in [0.25, 0.3) is 5.91 Å². The summed E-state index contributed by atoms with van der Waals surface area (Å²) in [7, 11) is 0. The van der Waals surface area contributed by atoms with Crippen molar-refractivity contribution in [3.63, 3.8) is 0 Å². The van der Waals surface area contributed by atoms with Crippen LogP contribution >= 0.6 is 0 Å². The zero-order valence-electron chi connectivity index (χ0n) is 10.9. The molecule has 0 aromatic carbocycles. The fourth-order valence-electron chi connectivity index (χ4n) is 1.98. The lowest BCUT2D eigenvalue weighted by atomic mass is 10.2. The van der Waals surface area contributed by atoms with E-state index in [0.29, 0.717) is 17.1 Å². The van der Waals surface area contributed by atoms with Crippen molar-refractivity contribution in [2.45, 2.75) is 20.4 Å². The highest BCUT2D eigenvalue weighted by atomic mass is 16.6. The predicted octanol–water partition coefficient (Wildman–Crippen LogP) is 0.653. The van der Waals surface area contributed by atoms with Gasteiger partial charge >= 0.3 is 5.69 Å². The average Bonchev–Trinajstić information content (AvgIpc) is 2.94. The molecule has 2 heterocycles. The first-order chi connectivity index (χ1) is 9.45. The summed E-state index contributed by atoms with van der Waals surface area (Å²) < 4.78 is 6.63. The molecule has 0 bridgehead atoms. The maximum absolute atomic E-state index is 11.5. The van der Waals surface area contributed by atoms with Crippen molar-refractivity contribution in [1.29, 1.82) is 0 Å². The highest BCUT2D eigenvalue weighted by molar-refractivity contribution is 5.94. The van der Waals surface area contributed by atoms with Crippen LogP contribution in [0.15, 0.2) is 16.7 Å². The van der Waals surface area contributed by atoms with Gasteiger partial charge in [-0.3, -0.25) is 25.0 Å². The number of nitrogen functional groups attached to an aromatic ring is 1. The number of nitrogens with one attached hydrogen (secondary N) is 1. The van der Waals surface area contributed by atoms with E-state index in [9.17, 15) is 14.9 Å². The molecule has 0 aliphatic carbocycles. The summed E-state index contributed by atoms with van der Waals surface area (Å²) in [5.41, 5.74) is 2.93. The van der Waals surface area contributed by atoms with Crippen LogP contribution in [0.25, 0.3) is 0 Å². The summed E-state index contributed by atoms with van der Waals surface area (Å²) in [4.78, 5) is 22.0. The summed E-state index contributed by atoms with van der Waals surface area (Å²) in [5, 5.41) is 15.0. The number of carbonyl (C=O) groups excluding carboxylic acids is 1. The number of nitrogens with two attached hydrogens (primary N) is 1. The number of hydrogen-bond donors (Lipinski definition) is 2. The van der Waals surface area contributed by atoms with Crippen LogP contribution in [-0.4, -0.2) is 20.6 Å². The number of carbonyl (C=O) groups is 1. The second kappa shape index (κ2) is 5.13. The number of hydrogen-bond acceptors (Lipinski definition) is 6. The van der Waals surface area contributed by atoms with E-state index in [2.05, 4.69) is 5.10 Å². The van der Waals surface area contributed by atoms with Crippen molar-refractivity contribution in [3.8, 4) is 0 Å². The number of nitro groups is 1. The van der Waals surface area contributed by atoms with Crippen molar-refractivity contribution < 1.29 is 14.1 Å². The Balaban J connectivity index is 2.37. The van der Waals surface area contributed by atoms with Crippen LogP contribution in [0.4, 0.5) is 5.69 Å². The van der Waals surface area contributed by atoms with Crippen molar-refractivity contribution in [1.82, 2.24) is 15.2 Å². The van der Waals surface area contributed by atoms with Gasteiger partial charge in [0.05, 0.1) is 16.7 Å². The number of aryl methyl sites for hydroxylation is 1. The molecule has 2 aromatic heterocycles. The van der Waals surface area contributed by atoms with E-state index < -0.39 is 10.8 Å². The zero-order valence-corrected chi connectivity index (χ0v) is 10.9. The van der Waals surface area contributed by atoms with Crippen molar-refractivity contribution >= 4 is 11.6 Å². The molecule has 2 aromatic rings. The van der Waals surface area contributed by atoms with Gasteiger partial charge in [0, 0.05) is 0 Å². The Bertz CT molecular complexity index is 672. The SMILES string of the molecule is Cc1nn(Cc2occc2C(=O)NN)c(C)c1[N+](=O)[O-]. The number of rotatable bonds is 4. The summed E-state index contributed by atoms with van der Waals surface area (Å²) >= 11 is 0. The third-order valence-corrected chi connectivity index (χ3v) is 2.94. The van der Waals surface area contributed by atoms with Gasteiger partial charge in [-0.05, 0) is 19.9 Å². The largest absolute Gasteiger partial charge is 0.467 e. The van der Waals surface area contributed by atoms with E-state index in [1.807, 2.05) is 5.43 Å². The molecule has 0 aliphatic rings. The molecular formula is C11H13N5O4. The summed E-state index contributed by atoms with van der Waals surface area (Å²) in [6, 6.07) is 1.47. The van der Waals surface area contributed by atoms with Gasteiger partial charge in [-0.2, -0.15) is 5.10 Å². The number of nitrogens with zero attached hydrogens (tertiary/aromatic N) is 3. The average molecular weight is 279 g/mol. The lowest BCUT2D eigenvalue weighted by Crippen LogP contribution is -2.30. The first kappa shape index (κ1) is 13.7. The van der Waals surface area contributed by atoms with Crippen molar-refractivity contribution in [3.05, 3.63) is 45.2 Å². The van der Waals surface area contributed by atoms with Crippen LogP contribution < -0.4 is 11.3 Å². The number of furan rings is 1. The normalized spacial score (nSPS) is 10.6. The Morgan fingerprint density at radius 3 is 2.85 bits per heavy atom. The topological polar surface area (TPSA) is 129 Å². The van der Waals surface area contributed by atoms with Crippen LogP contribution in [0.2, 0.25) is 0 Å². The third kappa shape index (κ3) is 2.26. The van der Waals surface area contributed by atoms with Crippen LogP contribution in [-0.2, 0) is 6.54 Å². The molecule has 2 rings (SSSR count). The van der Waals surface area contributed by atoms with E-state index in [-0.39, 0.29) is 17.8 Å². The van der Waals surface area contributed by atoms with Crippen LogP contribution in [0, 0.1) is 24.0 Å². The van der Waals surface area contributed by atoms with Gasteiger partial charge in [0.2, 0.25) is 0 Å². The van der Waals surface area contributed by atoms with Crippen molar-refractivity contribution in [2.24, 2.45) is 5.84 Å². The van der Waals surface area contributed by atoms with Gasteiger partial charge in [0.1, 0.15) is 23.7 Å². The van der Waals surface area contributed by atoms with Gasteiger partial charge in [-0.25, -0.2) is 5.84 Å². The minimum Gasteiger partial charge on any atom is -0.467 e. The molecule has 0 spiro atoms. The molecule has 20 heavy (non-hydrogen) atoms. The van der Waals surface area contributed by atoms with E-state index in [0.717, 1.165) is 0 Å². The molecule has 106 valence electrons. The lowest BCUT2D eigenvalue weighted by molar-refractivity contribution is -0.386. The zero-order chi connectivity index (χ0) is 14.9. The highest BCUT2D eigenvalue weighted by Gasteiger charge is 2.23. The fraction of sp³-hybridized carbons (Fsp3) is 0.273. The minimum absolute atomic E-state index is 0.0404. The Hall–Kier alpha value is -2.68. The predicted molar refractivity (Wildman–Crippen MR) is 67.8 cm³/mol. The van der Waals surface area contributed by atoms with Crippen LogP contribution in [0.5, 0.6) is 0 Å². The molecule has 0 radical (unpaired) electrons. The molecule has 0 aliphatic heterocycles. The molecule has 3 N–H and O–H groups in total. The smallest absolute Gasteiger partial charge is 0.312 e. The first-order valence-electron chi connectivity index (χ1n) is 5.71. The quantitative estimate of drug-likeness (QED) is 0.366. The highest BCUT2D eigenvalue weighted by Crippen LogP contribution is 2.23. The van der Waals surface area contributed by atoms with Crippen LogP contribution in [0.1, 0.15) is 27.5 Å². The third-order valence-electron chi connectivity index (χ3n) is 2.94. The summed E-state index contributed by atoms with van der Waals surface area (Å²) in [6.45, 7) is 3.25. The van der Waals surface area contributed by atoms with Crippen molar-refractivity contribution in [2.75, 3.05) is 0 Å². The minimum atomic E-state index is -0.496. The molecular weight excluding hydrogens is 266 g/mol. The Morgan fingerprint density at radius 1 is 1.60 bits per heavy atom. The Kier molecular flexibility index (Phi) is 3.53. The standard InChI is InChI=1S/C11H13N5O4/c1-6-10(16(18)19)7(2)15(14-6)5-9-8(3-4-20-9)11(17)13-12/h3-4H,5,12H2,1-2H3,(H,13,17). The fourth-order valence-corrected chi connectivity index (χ4v) is 1.98. The summed E-state index contributed by atoms with van der Waals surface area (Å²) in [6.07, 6.45) is 1.35. The lowest BCUT2D eigenvalue weighted by Gasteiger charge is -2.03. The van der Waals surface area contributed by atoms with Gasteiger partial charge < -0.3 is 4.42 Å². The second-order valence-corrected chi connectivity index (χ2v) is 4.17. The number of hydrazine groups is 1. The van der Waals surface area contributed by atoms with E-state index in [1.165, 1.54) is 17.0 Å². The molecule has 0 saturated heterocycles. The summed E-state index contributed by atoms with van der Waals surface area (Å²) in [5.74, 6) is 4.90. The molecule has 1 amide bonds. The van der Waals surface area contributed by atoms with E-state index in [1.54, 1.807) is 13.8 Å². The first-order valence-corrected chi connectivity index (χ1v) is 5.71. The molecule has 0 saturated carbocycles. The van der Waals surface area contributed by atoms with E-state index in [4.69, 9.17) is 10.3 Å². The molecule has 9 heteroatoms.